The van der Waals surface area contributed by atoms with Crippen molar-refractivity contribution in [1.29, 1.82) is 0 Å². The Labute approximate surface area is 69.5 Å². The van der Waals surface area contributed by atoms with E-state index in [0.29, 0.717) is 0 Å². The lowest BCUT2D eigenvalue weighted by Gasteiger charge is -2.21. The van der Waals surface area contributed by atoms with E-state index in [9.17, 15) is 0 Å². The van der Waals surface area contributed by atoms with Gasteiger partial charge in [0.05, 0.1) is 6.67 Å². The quantitative estimate of drug-likeness (QED) is 0.610. The highest BCUT2D eigenvalue weighted by Gasteiger charge is 2.10. The first-order valence-electron chi connectivity index (χ1n) is 4.35. The summed E-state index contributed by atoms with van der Waals surface area (Å²) in [6.07, 6.45) is 5.57. The van der Waals surface area contributed by atoms with Crippen LogP contribution in [0.4, 0.5) is 0 Å². The molecule has 1 unspecified atom stereocenters. The molecule has 0 spiro atoms. The Balaban J connectivity index is 2.24. The van der Waals surface area contributed by atoms with Crippen LogP contribution in [0.2, 0.25) is 0 Å². The van der Waals surface area contributed by atoms with E-state index in [-0.39, 0.29) is 0 Å². The minimum absolute atomic E-state index is 0.811. The van der Waals surface area contributed by atoms with Gasteiger partial charge in [-0.05, 0) is 5.92 Å². The maximum Gasteiger partial charge on any atom is 0.0890 e. The first-order valence-corrected chi connectivity index (χ1v) is 4.35. The fourth-order valence-corrected chi connectivity index (χ4v) is 1.24. The van der Waals surface area contributed by atoms with Crippen LogP contribution in [0.3, 0.4) is 0 Å². The Morgan fingerprint density at radius 2 is 2.18 bits per heavy atom. The molecule has 0 fully saturated rings. The van der Waals surface area contributed by atoms with Crippen LogP contribution in [0.15, 0.2) is 12.4 Å². The highest BCUT2D eigenvalue weighted by Crippen LogP contribution is 2.09. The second-order valence-electron chi connectivity index (χ2n) is 3.48. The first-order chi connectivity index (χ1) is 5.22. The number of rotatable bonds is 3. The molecule has 0 aromatic rings. The summed E-state index contributed by atoms with van der Waals surface area (Å²) in [6.45, 7) is 6.79. The van der Waals surface area contributed by atoms with Crippen LogP contribution in [0.25, 0.3) is 0 Å². The van der Waals surface area contributed by atoms with Crippen LogP contribution in [0, 0.1) is 5.92 Å². The smallest absolute Gasteiger partial charge is 0.0890 e. The minimum Gasteiger partial charge on any atom is -0.362 e. The van der Waals surface area contributed by atoms with Crippen molar-refractivity contribution in [3.63, 3.8) is 0 Å². The van der Waals surface area contributed by atoms with Crippen LogP contribution in [-0.2, 0) is 0 Å². The van der Waals surface area contributed by atoms with E-state index in [2.05, 4.69) is 43.1 Å². The van der Waals surface area contributed by atoms with Crippen molar-refractivity contribution in [2.24, 2.45) is 5.92 Å². The lowest BCUT2D eigenvalue weighted by atomic mass is 10.1. The van der Waals surface area contributed by atoms with Gasteiger partial charge in [0.15, 0.2) is 0 Å². The Hall–Kier alpha value is -0.660. The molecular formula is C9H18N2. The van der Waals surface area contributed by atoms with E-state index < -0.39 is 0 Å². The van der Waals surface area contributed by atoms with Crippen molar-refractivity contribution >= 4 is 0 Å². The predicted molar refractivity (Wildman–Crippen MR) is 47.9 cm³/mol. The first kappa shape index (κ1) is 8.44. The van der Waals surface area contributed by atoms with Gasteiger partial charge in [-0.25, -0.2) is 0 Å². The molecule has 0 radical (unpaired) electrons. The van der Waals surface area contributed by atoms with Crippen molar-refractivity contribution in [2.45, 2.75) is 20.3 Å². The van der Waals surface area contributed by atoms with E-state index in [1.807, 2.05) is 0 Å². The zero-order chi connectivity index (χ0) is 8.27. The lowest BCUT2D eigenvalue weighted by Crippen LogP contribution is -2.26. The van der Waals surface area contributed by atoms with E-state index in [0.717, 1.165) is 12.6 Å². The second-order valence-corrected chi connectivity index (χ2v) is 3.48. The van der Waals surface area contributed by atoms with E-state index in [1.165, 1.54) is 13.0 Å². The Morgan fingerprint density at radius 1 is 1.45 bits per heavy atom. The molecule has 0 amide bonds. The maximum atomic E-state index is 2.36. The Bertz CT molecular complexity index is 142. The molecule has 2 nitrogen and oxygen atoms in total. The molecular weight excluding hydrogens is 136 g/mol. The van der Waals surface area contributed by atoms with Gasteiger partial charge in [-0.2, -0.15) is 0 Å². The fraction of sp³-hybridized carbons (Fsp3) is 0.778. The van der Waals surface area contributed by atoms with Gasteiger partial charge in [0.25, 0.3) is 0 Å². The normalized spacial score (nSPS) is 19.5. The summed E-state index contributed by atoms with van der Waals surface area (Å²) >= 11 is 0. The van der Waals surface area contributed by atoms with Crippen molar-refractivity contribution < 1.29 is 0 Å². The van der Waals surface area contributed by atoms with Crippen molar-refractivity contribution in [1.82, 2.24) is 9.80 Å². The molecule has 1 heterocycles. The summed E-state index contributed by atoms with van der Waals surface area (Å²) in [5.74, 6) is 0.811. The maximum absolute atomic E-state index is 2.36. The SMILES string of the molecule is CCC(C)CN1C=CN(C)C1. The highest BCUT2D eigenvalue weighted by molar-refractivity contribution is 4.88. The van der Waals surface area contributed by atoms with Gasteiger partial charge in [0, 0.05) is 26.0 Å². The monoisotopic (exact) mass is 154 g/mol. The summed E-state index contributed by atoms with van der Waals surface area (Å²) in [7, 11) is 2.10. The molecule has 1 atom stereocenters. The van der Waals surface area contributed by atoms with E-state index >= 15 is 0 Å². The van der Waals surface area contributed by atoms with Gasteiger partial charge in [-0.15, -0.1) is 0 Å². The Kier molecular flexibility index (Phi) is 2.80. The largest absolute Gasteiger partial charge is 0.362 e. The van der Waals surface area contributed by atoms with Gasteiger partial charge in [0.1, 0.15) is 0 Å². The van der Waals surface area contributed by atoms with Crippen molar-refractivity contribution in [2.75, 3.05) is 20.3 Å². The van der Waals surface area contributed by atoms with Crippen LogP contribution in [-0.4, -0.2) is 30.1 Å². The van der Waals surface area contributed by atoms with E-state index in [1.54, 1.807) is 0 Å². The summed E-state index contributed by atoms with van der Waals surface area (Å²) in [4.78, 5) is 4.55. The van der Waals surface area contributed by atoms with Gasteiger partial charge in [0.2, 0.25) is 0 Å². The van der Waals surface area contributed by atoms with Crippen LogP contribution in [0.1, 0.15) is 20.3 Å². The summed E-state index contributed by atoms with van der Waals surface area (Å²) in [5, 5.41) is 0. The highest BCUT2D eigenvalue weighted by atomic mass is 15.3. The third kappa shape index (κ3) is 2.45. The molecule has 0 aromatic heterocycles. The van der Waals surface area contributed by atoms with Gasteiger partial charge in [-0.3, -0.25) is 0 Å². The molecule has 0 saturated carbocycles. The van der Waals surface area contributed by atoms with Crippen LogP contribution < -0.4 is 0 Å². The molecule has 0 N–H and O–H groups in total. The number of hydrogen-bond donors (Lipinski definition) is 0. The minimum atomic E-state index is 0.811. The summed E-state index contributed by atoms with van der Waals surface area (Å²) in [6, 6.07) is 0. The topological polar surface area (TPSA) is 6.48 Å². The average molecular weight is 154 g/mol. The molecule has 11 heavy (non-hydrogen) atoms. The number of nitrogens with zero attached hydrogens (tertiary/aromatic N) is 2. The van der Waals surface area contributed by atoms with Crippen LogP contribution >= 0.6 is 0 Å². The van der Waals surface area contributed by atoms with Gasteiger partial charge >= 0.3 is 0 Å². The molecule has 0 aromatic carbocycles. The summed E-state index contributed by atoms with van der Waals surface area (Å²) in [5.41, 5.74) is 0. The van der Waals surface area contributed by atoms with Gasteiger partial charge in [-0.1, -0.05) is 20.3 Å². The van der Waals surface area contributed by atoms with Crippen molar-refractivity contribution in [3.8, 4) is 0 Å². The number of hydrogen-bond acceptors (Lipinski definition) is 2. The van der Waals surface area contributed by atoms with Gasteiger partial charge < -0.3 is 9.80 Å². The molecule has 1 aliphatic heterocycles. The molecule has 64 valence electrons. The summed E-state index contributed by atoms with van der Waals surface area (Å²) < 4.78 is 0. The molecule has 0 saturated heterocycles. The standard InChI is InChI=1S/C9H18N2/c1-4-9(2)7-11-6-5-10(3)8-11/h5-6,9H,4,7-8H2,1-3H3. The molecule has 1 aliphatic rings. The zero-order valence-electron chi connectivity index (χ0n) is 7.75. The molecule has 2 heteroatoms. The fourth-order valence-electron chi connectivity index (χ4n) is 1.24. The van der Waals surface area contributed by atoms with Crippen LogP contribution in [0.5, 0.6) is 0 Å². The zero-order valence-corrected chi connectivity index (χ0v) is 7.75. The lowest BCUT2D eigenvalue weighted by molar-refractivity contribution is 0.262. The predicted octanol–water partition coefficient (Wildman–Crippen LogP) is 1.71. The third-order valence-corrected chi connectivity index (χ3v) is 2.18. The Morgan fingerprint density at radius 3 is 2.64 bits per heavy atom. The average Bonchev–Trinajstić information content (AvgIpc) is 2.35. The molecule has 0 bridgehead atoms. The second kappa shape index (κ2) is 3.65. The van der Waals surface area contributed by atoms with Crippen molar-refractivity contribution in [3.05, 3.63) is 12.4 Å². The third-order valence-electron chi connectivity index (χ3n) is 2.18. The molecule has 0 aliphatic carbocycles. The van der Waals surface area contributed by atoms with E-state index in [4.69, 9.17) is 0 Å². The molecule has 1 rings (SSSR count).